The minimum atomic E-state index is 0.830. The van der Waals surface area contributed by atoms with E-state index in [4.69, 9.17) is 0 Å². The third-order valence-electron chi connectivity index (χ3n) is 5.94. The summed E-state index contributed by atoms with van der Waals surface area (Å²) in [6.07, 6.45) is 7.74. The van der Waals surface area contributed by atoms with Crippen molar-refractivity contribution in [3.05, 3.63) is 60.3 Å². The molecule has 0 atom stereocenters. The van der Waals surface area contributed by atoms with Crippen LogP contribution in [0.15, 0.2) is 54.7 Å². The van der Waals surface area contributed by atoms with Crippen LogP contribution in [0.1, 0.15) is 37.2 Å². The highest BCUT2D eigenvalue weighted by Gasteiger charge is 2.23. The zero-order valence-corrected chi connectivity index (χ0v) is 14.8. The lowest BCUT2D eigenvalue weighted by Gasteiger charge is -2.15. The zero-order valence-electron chi connectivity index (χ0n) is 14.8. The summed E-state index contributed by atoms with van der Waals surface area (Å²) < 4.78 is 2.43. The molecule has 1 aliphatic carbocycles. The Kier molecular flexibility index (Phi) is 3.86. The molecule has 2 aliphatic rings. The molecule has 128 valence electrons. The predicted molar refractivity (Wildman–Crippen MR) is 105 cm³/mol. The van der Waals surface area contributed by atoms with Gasteiger partial charge >= 0.3 is 0 Å². The summed E-state index contributed by atoms with van der Waals surface area (Å²) in [5.41, 5.74) is 5.58. The maximum absolute atomic E-state index is 2.59. The lowest BCUT2D eigenvalue weighted by molar-refractivity contribution is 0.324. The van der Waals surface area contributed by atoms with Gasteiger partial charge in [-0.2, -0.15) is 0 Å². The second-order valence-electron chi connectivity index (χ2n) is 7.69. The van der Waals surface area contributed by atoms with Crippen molar-refractivity contribution in [3.8, 4) is 11.1 Å². The number of hydrogen-bond donors (Lipinski definition) is 0. The van der Waals surface area contributed by atoms with Crippen LogP contribution in [0.2, 0.25) is 0 Å². The second kappa shape index (κ2) is 6.34. The van der Waals surface area contributed by atoms with E-state index in [1.54, 1.807) is 0 Å². The second-order valence-corrected chi connectivity index (χ2v) is 7.69. The molecule has 0 spiro atoms. The lowest BCUT2D eigenvalue weighted by Crippen LogP contribution is -2.23. The van der Waals surface area contributed by atoms with Gasteiger partial charge in [0.05, 0.1) is 0 Å². The molecule has 2 fully saturated rings. The Hall–Kier alpha value is -2.06. The van der Waals surface area contributed by atoms with Crippen molar-refractivity contribution in [3.63, 3.8) is 0 Å². The molecule has 25 heavy (non-hydrogen) atoms. The average molecular weight is 330 g/mol. The predicted octanol–water partition coefficient (Wildman–Crippen LogP) is 5.28. The van der Waals surface area contributed by atoms with E-state index in [-0.39, 0.29) is 0 Å². The molecule has 1 saturated heterocycles. The van der Waals surface area contributed by atoms with Crippen LogP contribution < -0.4 is 0 Å². The summed E-state index contributed by atoms with van der Waals surface area (Å²) in [4.78, 5) is 2.59. The van der Waals surface area contributed by atoms with Crippen LogP contribution in [0.4, 0.5) is 0 Å². The monoisotopic (exact) mass is 330 g/mol. The minimum absolute atomic E-state index is 0.830. The molecule has 2 heteroatoms. The number of rotatable bonds is 5. The molecule has 0 amide bonds. The van der Waals surface area contributed by atoms with Crippen molar-refractivity contribution >= 4 is 10.9 Å². The van der Waals surface area contributed by atoms with Crippen LogP contribution in [0.25, 0.3) is 22.0 Å². The summed E-state index contributed by atoms with van der Waals surface area (Å²) >= 11 is 0. The fourth-order valence-corrected chi connectivity index (χ4v) is 4.28. The molecule has 3 aromatic rings. The Morgan fingerprint density at radius 2 is 1.64 bits per heavy atom. The maximum Gasteiger partial charge on any atom is 0.0486 e. The van der Waals surface area contributed by atoms with E-state index in [1.807, 2.05) is 0 Å². The molecule has 1 saturated carbocycles. The highest BCUT2D eigenvalue weighted by Crippen LogP contribution is 2.40. The van der Waals surface area contributed by atoms with E-state index < -0.39 is 0 Å². The van der Waals surface area contributed by atoms with Gasteiger partial charge in [0.1, 0.15) is 0 Å². The van der Waals surface area contributed by atoms with Gasteiger partial charge in [-0.25, -0.2) is 0 Å². The fraction of sp³-hybridized carbons (Fsp3) is 0.391. The first-order chi connectivity index (χ1) is 12.4. The molecule has 1 aromatic heterocycles. The van der Waals surface area contributed by atoms with Crippen molar-refractivity contribution in [1.82, 2.24) is 9.47 Å². The van der Waals surface area contributed by atoms with Gasteiger partial charge in [0.2, 0.25) is 0 Å². The van der Waals surface area contributed by atoms with Gasteiger partial charge in [0.15, 0.2) is 0 Å². The molecule has 0 radical (unpaired) electrons. The van der Waals surface area contributed by atoms with E-state index in [0.717, 1.165) is 12.5 Å². The zero-order chi connectivity index (χ0) is 16.6. The first kappa shape index (κ1) is 15.2. The van der Waals surface area contributed by atoms with E-state index in [9.17, 15) is 0 Å². The number of likely N-dealkylation sites (tertiary alicyclic amines) is 1. The summed E-state index contributed by atoms with van der Waals surface area (Å²) in [7, 11) is 0. The molecule has 2 heterocycles. The lowest BCUT2D eigenvalue weighted by atomic mass is 9.99. The average Bonchev–Trinajstić information content (AvgIpc) is 3.21. The third-order valence-corrected chi connectivity index (χ3v) is 5.94. The molecule has 5 rings (SSSR count). The Balaban J connectivity index is 1.43. The van der Waals surface area contributed by atoms with E-state index in [0.29, 0.717) is 0 Å². The SMILES string of the molecule is c1cc(-c2ccc(C3CC3)cc2)c2ccn(CCN3CCCC3)c2c1. The summed E-state index contributed by atoms with van der Waals surface area (Å²) in [6, 6.07) is 18.3. The number of nitrogens with zero attached hydrogens (tertiary/aromatic N) is 2. The van der Waals surface area contributed by atoms with Gasteiger partial charge in [-0.05, 0) is 73.5 Å². The van der Waals surface area contributed by atoms with Crippen molar-refractivity contribution in [1.29, 1.82) is 0 Å². The highest BCUT2D eigenvalue weighted by molar-refractivity contribution is 5.95. The molecular formula is C23H26N2. The molecule has 0 unspecified atom stereocenters. The van der Waals surface area contributed by atoms with E-state index in [2.05, 4.69) is 64.2 Å². The first-order valence-corrected chi connectivity index (χ1v) is 9.79. The quantitative estimate of drug-likeness (QED) is 0.618. The molecule has 2 aromatic carbocycles. The topological polar surface area (TPSA) is 8.17 Å². The van der Waals surface area contributed by atoms with Crippen molar-refractivity contribution in [2.45, 2.75) is 38.1 Å². The molecular weight excluding hydrogens is 304 g/mol. The smallest absolute Gasteiger partial charge is 0.0486 e. The standard InChI is InChI=1S/C23H26N2/c1-2-14-24(13-1)16-17-25-15-12-22-21(4-3-5-23(22)25)20-10-8-19(9-11-20)18-6-7-18/h3-5,8-12,15,18H,1-2,6-7,13-14,16-17H2. The van der Waals surface area contributed by atoms with Crippen molar-refractivity contribution in [2.75, 3.05) is 19.6 Å². The van der Waals surface area contributed by atoms with Gasteiger partial charge < -0.3 is 9.47 Å². The minimum Gasteiger partial charge on any atom is -0.346 e. The molecule has 2 nitrogen and oxygen atoms in total. The van der Waals surface area contributed by atoms with Crippen LogP contribution in [-0.4, -0.2) is 29.1 Å². The van der Waals surface area contributed by atoms with Crippen LogP contribution in [0, 0.1) is 0 Å². The number of hydrogen-bond acceptors (Lipinski definition) is 1. The van der Waals surface area contributed by atoms with Crippen LogP contribution in [0.5, 0.6) is 0 Å². The van der Waals surface area contributed by atoms with Gasteiger partial charge in [0, 0.05) is 30.2 Å². The first-order valence-electron chi connectivity index (χ1n) is 9.79. The van der Waals surface area contributed by atoms with E-state index >= 15 is 0 Å². The van der Waals surface area contributed by atoms with Gasteiger partial charge in [0.25, 0.3) is 0 Å². The molecule has 0 bridgehead atoms. The highest BCUT2D eigenvalue weighted by atomic mass is 15.2. The van der Waals surface area contributed by atoms with Gasteiger partial charge in [-0.3, -0.25) is 0 Å². The van der Waals surface area contributed by atoms with Crippen LogP contribution >= 0.6 is 0 Å². The normalized spacial score (nSPS) is 18.2. The van der Waals surface area contributed by atoms with E-state index in [1.165, 1.54) is 72.9 Å². The number of aromatic nitrogens is 1. The van der Waals surface area contributed by atoms with Crippen LogP contribution in [-0.2, 0) is 6.54 Å². The Labute approximate surface area is 150 Å². The maximum atomic E-state index is 2.59. The summed E-state index contributed by atoms with van der Waals surface area (Å²) in [5, 5.41) is 1.38. The molecule has 1 aliphatic heterocycles. The number of benzene rings is 2. The van der Waals surface area contributed by atoms with Crippen molar-refractivity contribution in [2.24, 2.45) is 0 Å². The van der Waals surface area contributed by atoms with Crippen LogP contribution in [0.3, 0.4) is 0 Å². The summed E-state index contributed by atoms with van der Waals surface area (Å²) in [6.45, 7) is 4.81. The van der Waals surface area contributed by atoms with Crippen molar-refractivity contribution < 1.29 is 0 Å². The van der Waals surface area contributed by atoms with Gasteiger partial charge in [-0.15, -0.1) is 0 Å². The summed E-state index contributed by atoms with van der Waals surface area (Å²) in [5.74, 6) is 0.830. The Morgan fingerprint density at radius 1 is 0.840 bits per heavy atom. The third kappa shape index (κ3) is 3.00. The Morgan fingerprint density at radius 3 is 2.40 bits per heavy atom. The number of fused-ring (bicyclic) bond motifs is 1. The Bertz CT molecular complexity index is 865. The van der Waals surface area contributed by atoms with Gasteiger partial charge in [-0.1, -0.05) is 36.4 Å². The largest absolute Gasteiger partial charge is 0.346 e. The fourth-order valence-electron chi connectivity index (χ4n) is 4.28. The molecule has 0 N–H and O–H groups in total.